The smallest absolute Gasteiger partial charge is 0.203 e. The minimum absolute atomic E-state index is 0.511. The molecule has 0 aliphatic heterocycles. The molecule has 1 aromatic rings. The lowest BCUT2D eigenvalue weighted by atomic mass is 10.1. The van der Waals surface area contributed by atoms with Crippen LogP contribution in [0.1, 0.15) is 11.8 Å². The molecule has 0 fully saturated rings. The van der Waals surface area contributed by atoms with Gasteiger partial charge in [-0.1, -0.05) is 0 Å². The molecule has 0 saturated carbocycles. The van der Waals surface area contributed by atoms with Gasteiger partial charge in [0, 0.05) is 5.56 Å². The molecule has 5 heteroatoms. The Bertz CT molecular complexity index is 329. The van der Waals surface area contributed by atoms with E-state index in [0.717, 1.165) is 0 Å². The van der Waals surface area contributed by atoms with Crippen molar-refractivity contribution in [3.8, 4) is 17.2 Å². The molecular formula is C11H17NO4. The summed E-state index contributed by atoms with van der Waals surface area (Å²) in [6.45, 7) is 0. The largest absolute Gasteiger partial charge is 0.493 e. The van der Waals surface area contributed by atoms with Crippen LogP contribution in [-0.4, -0.2) is 33.5 Å². The summed E-state index contributed by atoms with van der Waals surface area (Å²) >= 11 is 0. The summed E-state index contributed by atoms with van der Waals surface area (Å²) in [5.74, 6) is 1.55. The Kier molecular flexibility index (Phi) is 4.39. The molecule has 5 nitrogen and oxygen atoms in total. The Hall–Kier alpha value is -1.46. The molecule has 0 aliphatic carbocycles. The van der Waals surface area contributed by atoms with Crippen LogP contribution >= 0.6 is 0 Å². The van der Waals surface area contributed by atoms with Crippen LogP contribution in [-0.2, 0) is 0 Å². The van der Waals surface area contributed by atoms with Crippen LogP contribution in [0.3, 0.4) is 0 Å². The lowest BCUT2D eigenvalue weighted by Gasteiger charge is -2.16. The number of hydrogen-bond donors (Lipinski definition) is 2. The van der Waals surface area contributed by atoms with Crippen molar-refractivity contribution in [2.75, 3.05) is 28.4 Å². The third-order valence-corrected chi connectivity index (χ3v) is 2.28. The second-order valence-corrected chi connectivity index (χ2v) is 3.15. The first-order valence-electron chi connectivity index (χ1n) is 4.83. The molecule has 0 spiro atoms. The molecule has 0 amide bonds. The van der Waals surface area contributed by atoms with Gasteiger partial charge >= 0.3 is 0 Å². The summed E-state index contributed by atoms with van der Waals surface area (Å²) in [4.78, 5) is 0. The number of aliphatic hydroxyl groups is 1. The molecule has 0 aliphatic rings. The highest BCUT2D eigenvalue weighted by molar-refractivity contribution is 5.54. The summed E-state index contributed by atoms with van der Waals surface area (Å²) in [7, 11) is 6.27. The van der Waals surface area contributed by atoms with Crippen molar-refractivity contribution in [3.05, 3.63) is 17.7 Å². The zero-order chi connectivity index (χ0) is 12.1. The van der Waals surface area contributed by atoms with Gasteiger partial charge < -0.3 is 19.3 Å². The molecule has 0 bridgehead atoms. The maximum Gasteiger partial charge on any atom is 0.203 e. The van der Waals surface area contributed by atoms with Gasteiger partial charge in [-0.25, -0.2) is 0 Å². The summed E-state index contributed by atoms with van der Waals surface area (Å²) < 4.78 is 15.5. The fraction of sp³-hybridized carbons (Fsp3) is 0.455. The van der Waals surface area contributed by atoms with E-state index in [9.17, 15) is 5.11 Å². The zero-order valence-corrected chi connectivity index (χ0v) is 9.90. The van der Waals surface area contributed by atoms with Crippen molar-refractivity contribution in [2.24, 2.45) is 0 Å². The normalized spacial score (nSPS) is 12.1. The van der Waals surface area contributed by atoms with E-state index in [2.05, 4.69) is 5.32 Å². The number of ether oxygens (including phenoxy) is 3. The second kappa shape index (κ2) is 5.58. The third kappa shape index (κ3) is 2.37. The molecule has 1 unspecified atom stereocenters. The first-order chi connectivity index (χ1) is 7.67. The number of methoxy groups -OCH3 is 3. The van der Waals surface area contributed by atoms with Crippen molar-refractivity contribution >= 4 is 0 Å². The van der Waals surface area contributed by atoms with E-state index < -0.39 is 6.23 Å². The van der Waals surface area contributed by atoms with Gasteiger partial charge in [0.15, 0.2) is 11.5 Å². The molecule has 1 rings (SSSR count). The van der Waals surface area contributed by atoms with Crippen LogP contribution in [0.5, 0.6) is 17.2 Å². The second-order valence-electron chi connectivity index (χ2n) is 3.15. The molecule has 2 N–H and O–H groups in total. The van der Waals surface area contributed by atoms with Gasteiger partial charge in [-0.05, 0) is 19.2 Å². The first-order valence-corrected chi connectivity index (χ1v) is 4.83. The van der Waals surface area contributed by atoms with Crippen LogP contribution < -0.4 is 19.5 Å². The Balaban J connectivity index is 3.25. The number of hydrogen-bond acceptors (Lipinski definition) is 5. The number of benzene rings is 1. The van der Waals surface area contributed by atoms with E-state index in [1.54, 1.807) is 19.2 Å². The topological polar surface area (TPSA) is 60.0 Å². The predicted molar refractivity (Wildman–Crippen MR) is 60.1 cm³/mol. The molecule has 0 saturated heterocycles. The fourth-order valence-electron chi connectivity index (χ4n) is 1.43. The van der Waals surface area contributed by atoms with E-state index in [1.807, 2.05) is 0 Å². The number of aliphatic hydroxyl groups excluding tert-OH is 1. The van der Waals surface area contributed by atoms with Gasteiger partial charge in [-0.3, -0.25) is 5.32 Å². The Morgan fingerprint density at radius 2 is 1.56 bits per heavy atom. The molecule has 16 heavy (non-hydrogen) atoms. The Morgan fingerprint density at radius 1 is 1.06 bits per heavy atom. The maximum absolute atomic E-state index is 9.67. The minimum atomic E-state index is -0.770. The summed E-state index contributed by atoms with van der Waals surface area (Å²) in [6, 6.07) is 3.39. The van der Waals surface area contributed by atoms with Gasteiger partial charge in [0.1, 0.15) is 6.23 Å². The van der Waals surface area contributed by atoms with Gasteiger partial charge in [0.2, 0.25) is 5.75 Å². The van der Waals surface area contributed by atoms with E-state index >= 15 is 0 Å². The summed E-state index contributed by atoms with van der Waals surface area (Å²) in [5, 5.41) is 12.4. The SMILES string of the molecule is CNC(O)c1cc(OC)c(OC)c(OC)c1. The van der Waals surface area contributed by atoms with Crippen LogP contribution in [0, 0.1) is 0 Å². The van der Waals surface area contributed by atoms with Crippen molar-refractivity contribution in [2.45, 2.75) is 6.23 Å². The van der Waals surface area contributed by atoms with Crippen molar-refractivity contribution in [1.82, 2.24) is 5.32 Å². The molecule has 1 atom stereocenters. The molecule has 90 valence electrons. The average Bonchev–Trinajstić information content (AvgIpc) is 2.35. The van der Waals surface area contributed by atoms with Crippen LogP contribution in [0.25, 0.3) is 0 Å². The van der Waals surface area contributed by atoms with Crippen molar-refractivity contribution in [1.29, 1.82) is 0 Å². The first kappa shape index (κ1) is 12.6. The number of nitrogens with one attached hydrogen (secondary N) is 1. The quantitative estimate of drug-likeness (QED) is 0.733. The standard InChI is InChI=1S/C11H17NO4/c1-12-11(13)7-5-8(14-2)10(16-4)9(6-7)15-3/h5-6,11-13H,1-4H3. The van der Waals surface area contributed by atoms with Crippen LogP contribution in [0.15, 0.2) is 12.1 Å². The summed E-state index contributed by atoms with van der Waals surface area (Å²) in [5.41, 5.74) is 0.650. The minimum Gasteiger partial charge on any atom is -0.493 e. The van der Waals surface area contributed by atoms with Crippen LogP contribution in [0.4, 0.5) is 0 Å². The Labute approximate surface area is 94.9 Å². The maximum atomic E-state index is 9.67. The Morgan fingerprint density at radius 3 is 1.88 bits per heavy atom. The molecule has 0 heterocycles. The third-order valence-electron chi connectivity index (χ3n) is 2.28. The molecule has 1 aromatic carbocycles. The lowest BCUT2D eigenvalue weighted by Crippen LogP contribution is -2.15. The van der Waals surface area contributed by atoms with Gasteiger partial charge in [0.25, 0.3) is 0 Å². The van der Waals surface area contributed by atoms with Crippen molar-refractivity contribution < 1.29 is 19.3 Å². The monoisotopic (exact) mass is 227 g/mol. The number of rotatable bonds is 5. The van der Waals surface area contributed by atoms with Gasteiger partial charge in [-0.2, -0.15) is 0 Å². The molecule has 0 radical (unpaired) electrons. The predicted octanol–water partition coefficient (Wildman–Crippen LogP) is 0.923. The van der Waals surface area contributed by atoms with Crippen molar-refractivity contribution in [3.63, 3.8) is 0 Å². The van der Waals surface area contributed by atoms with Gasteiger partial charge in [0.05, 0.1) is 21.3 Å². The lowest BCUT2D eigenvalue weighted by molar-refractivity contribution is 0.148. The highest BCUT2D eigenvalue weighted by Gasteiger charge is 2.16. The van der Waals surface area contributed by atoms with E-state index in [0.29, 0.717) is 22.8 Å². The van der Waals surface area contributed by atoms with Crippen LogP contribution in [0.2, 0.25) is 0 Å². The zero-order valence-electron chi connectivity index (χ0n) is 9.90. The van der Waals surface area contributed by atoms with E-state index in [-0.39, 0.29) is 0 Å². The average molecular weight is 227 g/mol. The van der Waals surface area contributed by atoms with E-state index in [4.69, 9.17) is 14.2 Å². The highest BCUT2D eigenvalue weighted by atomic mass is 16.5. The highest BCUT2D eigenvalue weighted by Crippen LogP contribution is 2.39. The summed E-state index contributed by atoms with van der Waals surface area (Å²) in [6.07, 6.45) is -0.770. The fourth-order valence-corrected chi connectivity index (χ4v) is 1.43. The van der Waals surface area contributed by atoms with E-state index in [1.165, 1.54) is 21.3 Å². The van der Waals surface area contributed by atoms with Gasteiger partial charge in [-0.15, -0.1) is 0 Å². The molecular weight excluding hydrogens is 210 g/mol. The molecule has 0 aromatic heterocycles.